The van der Waals surface area contributed by atoms with Crippen LogP contribution in [0.5, 0.6) is 0 Å². The van der Waals surface area contributed by atoms with Gasteiger partial charge in [0.2, 0.25) is 0 Å². The number of aliphatic hydroxyl groups excluding tert-OH is 1. The molecule has 0 spiro atoms. The number of carbonyl (C=O) groups excluding carboxylic acids is 1. The Morgan fingerprint density at radius 3 is 2.26 bits per heavy atom. The first-order valence-electron chi connectivity index (χ1n) is 7.82. The predicted octanol–water partition coefficient (Wildman–Crippen LogP) is 4.66. The molecular weight excluding hydrogens is 240 g/mol. The van der Waals surface area contributed by atoms with Crippen LogP contribution in [-0.2, 0) is 9.53 Å². The minimum absolute atomic E-state index is 0.109. The van der Waals surface area contributed by atoms with E-state index in [4.69, 9.17) is 4.74 Å². The van der Waals surface area contributed by atoms with Crippen LogP contribution in [0.3, 0.4) is 0 Å². The largest absolute Gasteiger partial charge is 0.512 e. The molecule has 0 amide bonds. The molecule has 3 heteroatoms. The van der Waals surface area contributed by atoms with Crippen LogP contribution in [0.4, 0.5) is 0 Å². The lowest BCUT2D eigenvalue weighted by Gasteiger charge is -2.20. The van der Waals surface area contributed by atoms with Crippen molar-refractivity contribution >= 4 is 5.97 Å². The van der Waals surface area contributed by atoms with Crippen LogP contribution in [0, 0.1) is 0 Å². The maximum absolute atomic E-state index is 11.1. The maximum Gasteiger partial charge on any atom is 0.334 e. The van der Waals surface area contributed by atoms with Crippen LogP contribution in [0.2, 0.25) is 0 Å². The second kappa shape index (κ2) is 9.88. The molecule has 0 saturated carbocycles. The van der Waals surface area contributed by atoms with Gasteiger partial charge in [0, 0.05) is 6.42 Å². The summed E-state index contributed by atoms with van der Waals surface area (Å²) >= 11 is 0. The Kier molecular flexibility index (Phi) is 8.35. The van der Waals surface area contributed by atoms with Gasteiger partial charge in [-0.2, -0.15) is 0 Å². The second-order valence-corrected chi connectivity index (χ2v) is 5.52. The minimum Gasteiger partial charge on any atom is -0.512 e. The van der Waals surface area contributed by atoms with Gasteiger partial charge in [-0.15, -0.1) is 0 Å². The predicted molar refractivity (Wildman–Crippen MR) is 77.1 cm³/mol. The smallest absolute Gasteiger partial charge is 0.334 e. The molecule has 1 unspecified atom stereocenters. The van der Waals surface area contributed by atoms with Gasteiger partial charge in [-0.25, -0.2) is 4.79 Å². The lowest BCUT2D eigenvalue weighted by Crippen LogP contribution is -2.22. The number of cyclic esters (lactones) is 1. The van der Waals surface area contributed by atoms with Crippen molar-refractivity contribution in [2.24, 2.45) is 0 Å². The van der Waals surface area contributed by atoms with Gasteiger partial charge in [-0.05, 0) is 12.8 Å². The van der Waals surface area contributed by atoms with E-state index in [2.05, 4.69) is 6.92 Å². The number of hydrogen-bond acceptors (Lipinski definition) is 3. The normalized spacial score (nSPS) is 19.1. The van der Waals surface area contributed by atoms with Crippen molar-refractivity contribution in [2.75, 3.05) is 0 Å². The fourth-order valence-corrected chi connectivity index (χ4v) is 2.51. The molecule has 0 aromatic carbocycles. The zero-order valence-electron chi connectivity index (χ0n) is 12.2. The molecule has 1 heterocycles. The monoisotopic (exact) mass is 268 g/mol. The summed E-state index contributed by atoms with van der Waals surface area (Å²) < 4.78 is 5.15. The summed E-state index contributed by atoms with van der Waals surface area (Å²) in [5.41, 5.74) is 0. The molecule has 19 heavy (non-hydrogen) atoms. The van der Waals surface area contributed by atoms with Crippen molar-refractivity contribution in [3.63, 3.8) is 0 Å². The Hall–Kier alpha value is -0.990. The van der Waals surface area contributed by atoms with E-state index in [1.165, 1.54) is 57.4 Å². The van der Waals surface area contributed by atoms with Gasteiger partial charge in [0.25, 0.3) is 0 Å². The third-order valence-electron chi connectivity index (χ3n) is 3.63. The highest BCUT2D eigenvalue weighted by atomic mass is 16.5. The van der Waals surface area contributed by atoms with E-state index in [9.17, 15) is 9.90 Å². The number of hydrogen-bond donors (Lipinski definition) is 1. The highest BCUT2D eigenvalue weighted by molar-refractivity contribution is 5.83. The van der Waals surface area contributed by atoms with Gasteiger partial charge in [0.1, 0.15) is 11.9 Å². The fourth-order valence-electron chi connectivity index (χ4n) is 2.51. The summed E-state index contributed by atoms with van der Waals surface area (Å²) in [6.07, 6.45) is 14.1. The van der Waals surface area contributed by atoms with Gasteiger partial charge >= 0.3 is 5.97 Å². The summed E-state index contributed by atoms with van der Waals surface area (Å²) in [6, 6.07) is 0. The molecule has 3 nitrogen and oxygen atoms in total. The van der Waals surface area contributed by atoms with Crippen LogP contribution in [0.25, 0.3) is 0 Å². The summed E-state index contributed by atoms with van der Waals surface area (Å²) in [7, 11) is 0. The first kappa shape index (κ1) is 16.1. The average molecular weight is 268 g/mol. The Bertz CT molecular complexity index is 284. The molecule has 1 rings (SSSR count). The first-order valence-corrected chi connectivity index (χ1v) is 7.82. The van der Waals surface area contributed by atoms with Crippen LogP contribution < -0.4 is 0 Å². The number of unbranched alkanes of at least 4 members (excludes halogenated alkanes) is 8. The van der Waals surface area contributed by atoms with E-state index < -0.39 is 5.97 Å². The van der Waals surface area contributed by atoms with Gasteiger partial charge in [0.15, 0.2) is 0 Å². The summed E-state index contributed by atoms with van der Waals surface area (Å²) in [4.78, 5) is 11.1. The SMILES string of the molecule is CCCCCCCCCCCC1CC(O)=CC(=O)O1. The summed E-state index contributed by atoms with van der Waals surface area (Å²) in [6.45, 7) is 2.24. The topological polar surface area (TPSA) is 46.5 Å². The number of carbonyl (C=O) groups is 1. The Balaban J connectivity index is 1.91. The van der Waals surface area contributed by atoms with Crippen molar-refractivity contribution in [2.45, 2.75) is 83.7 Å². The van der Waals surface area contributed by atoms with E-state index >= 15 is 0 Å². The molecule has 110 valence electrons. The van der Waals surface area contributed by atoms with Gasteiger partial charge in [-0.1, -0.05) is 58.3 Å². The molecule has 0 radical (unpaired) electrons. The van der Waals surface area contributed by atoms with Crippen molar-refractivity contribution in [3.05, 3.63) is 11.8 Å². The molecule has 0 saturated heterocycles. The van der Waals surface area contributed by atoms with Gasteiger partial charge < -0.3 is 9.84 Å². The molecule has 1 N–H and O–H groups in total. The summed E-state index contributed by atoms with van der Waals surface area (Å²) in [5, 5.41) is 9.35. The van der Waals surface area contributed by atoms with E-state index in [1.54, 1.807) is 0 Å². The zero-order valence-corrected chi connectivity index (χ0v) is 12.2. The van der Waals surface area contributed by atoms with E-state index in [0.29, 0.717) is 6.42 Å². The third kappa shape index (κ3) is 7.91. The molecule has 0 aromatic rings. The van der Waals surface area contributed by atoms with E-state index in [-0.39, 0.29) is 11.9 Å². The lowest BCUT2D eigenvalue weighted by molar-refractivity contribution is -0.145. The van der Waals surface area contributed by atoms with Gasteiger partial charge in [-0.3, -0.25) is 0 Å². The fraction of sp³-hybridized carbons (Fsp3) is 0.812. The minimum atomic E-state index is -0.398. The van der Waals surface area contributed by atoms with Crippen molar-refractivity contribution < 1.29 is 14.6 Å². The maximum atomic E-state index is 11.1. The van der Waals surface area contributed by atoms with Gasteiger partial charge in [0.05, 0.1) is 6.08 Å². The van der Waals surface area contributed by atoms with Crippen LogP contribution in [-0.4, -0.2) is 17.2 Å². The van der Waals surface area contributed by atoms with Crippen molar-refractivity contribution in [1.82, 2.24) is 0 Å². The van der Waals surface area contributed by atoms with Crippen molar-refractivity contribution in [3.8, 4) is 0 Å². The molecule has 1 atom stereocenters. The third-order valence-corrected chi connectivity index (χ3v) is 3.63. The number of ether oxygens (including phenoxy) is 1. The molecule has 0 bridgehead atoms. The molecular formula is C16H28O3. The number of rotatable bonds is 10. The van der Waals surface area contributed by atoms with E-state index in [1.807, 2.05) is 0 Å². The van der Waals surface area contributed by atoms with Crippen LogP contribution in [0.1, 0.15) is 77.6 Å². The molecule has 1 aliphatic heterocycles. The van der Waals surface area contributed by atoms with Crippen LogP contribution >= 0.6 is 0 Å². The molecule has 1 aliphatic rings. The molecule has 0 fully saturated rings. The standard InChI is InChI=1S/C16H28O3/c1-2-3-4-5-6-7-8-9-10-11-15-12-14(17)13-16(18)19-15/h13,15,17H,2-12H2,1H3. The molecule has 0 aromatic heterocycles. The summed E-state index contributed by atoms with van der Waals surface area (Å²) in [5.74, 6) is -0.234. The Morgan fingerprint density at radius 2 is 1.68 bits per heavy atom. The average Bonchev–Trinajstić information content (AvgIpc) is 2.36. The Labute approximate surface area is 117 Å². The second-order valence-electron chi connectivity index (χ2n) is 5.52. The quantitative estimate of drug-likeness (QED) is 0.463. The number of aliphatic hydroxyl groups is 1. The molecule has 0 aliphatic carbocycles. The number of esters is 1. The van der Waals surface area contributed by atoms with Crippen LogP contribution in [0.15, 0.2) is 11.8 Å². The lowest BCUT2D eigenvalue weighted by atomic mass is 10.0. The Morgan fingerprint density at radius 1 is 1.11 bits per heavy atom. The first-order chi connectivity index (χ1) is 9.22. The van der Waals surface area contributed by atoms with E-state index in [0.717, 1.165) is 12.8 Å². The highest BCUT2D eigenvalue weighted by Crippen LogP contribution is 2.19. The highest BCUT2D eigenvalue weighted by Gasteiger charge is 2.20. The van der Waals surface area contributed by atoms with Crippen molar-refractivity contribution in [1.29, 1.82) is 0 Å². The zero-order chi connectivity index (χ0) is 13.9.